The third-order valence-electron chi connectivity index (χ3n) is 3.19. The summed E-state index contributed by atoms with van der Waals surface area (Å²) in [5.74, 6) is 0.0246. The molecule has 104 valence electrons. The lowest BCUT2D eigenvalue weighted by molar-refractivity contribution is -0.117. The van der Waals surface area contributed by atoms with Crippen molar-refractivity contribution in [3.8, 4) is 0 Å². The quantitative estimate of drug-likeness (QED) is 0.896. The Morgan fingerprint density at radius 1 is 1.47 bits per heavy atom. The molecule has 2 N–H and O–H groups in total. The number of morpholine rings is 1. The largest absolute Gasteiger partial charge is 0.378 e. The van der Waals surface area contributed by atoms with Crippen molar-refractivity contribution < 1.29 is 9.53 Å². The zero-order chi connectivity index (χ0) is 13.8. The van der Waals surface area contributed by atoms with Gasteiger partial charge < -0.3 is 15.4 Å². The minimum Gasteiger partial charge on any atom is -0.378 e. The van der Waals surface area contributed by atoms with E-state index in [4.69, 9.17) is 4.74 Å². The number of ether oxygens (including phenoxy) is 1. The molecule has 1 aliphatic rings. The van der Waals surface area contributed by atoms with Gasteiger partial charge >= 0.3 is 0 Å². The van der Waals surface area contributed by atoms with Gasteiger partial charge in [0.25, 0.3) is 0 Å². The lowest BCUT2D eigenvalue weighted by Gasteiger charge is -2.23. The maximum absolute atomic E-state index is 12.1. The number of benzene rings is 1. The molecule has 1 amide bonds. The van der Waals surface area contributed by atoms with Crippen molar-refractivity contribution in [2.45, 2.75) is 26.3 Å². The molecule has 5 heteroatoms. The van der Waals surface area contributed by atoms with E-state index in [0.29, 0.717) is 13.0 Å². The Morgan fingerprint density at radius 2 is 2.16 bits per heavy atom. The summed E-state index contributed by atoms with van der Waals surface area (Å²) in [5, 5.41) is 6.28. The first-order chi connectivity index (χ1) is 9.06. The molecule has 0 aliphatic carbocycles. The molecule has 19 heavy (non-hydrogen) atoms. The highest BCUT2D eigenvalue weighted by Crippen LogP contribution is 2.25. The van der Waals surface area contributed by atoms with Gasteiger partial charge in [-0.1, -0.05) is 15.9 Å². The van der Waals surface area contributed by atoms with Gasteiger partial charge in [-0.2, -0.15) is 0 Å². The number of aryl methyl sites for hydroxylation is 2. The molecule has 4 nitrogen and oxygen atoms in total. The predicted octanol–water partition coefficient (Wildman–Crippen LogP) is 2.38. The zero-order valence-corrected chi connectivity index (χ0v) is 12.8. The molecule has 1 atom stereocenters. The van der Waals surface area contributed by atoms with Crippen LogP contribution in [0, 0.1) is 13.8 Å². The third-order valence-corrected chi connectivity index (χ3v) is 3.65. The van der Waals surface area contributed by atoms with E-state index in [9.17, 15) is 4.79 Å². The Bertz CT molecular complexity index is 448. The first kappa shape index (κ1) is 14.5. The Morgan fingerprint density at radius 3 is 2.74 bits per heavy atom. The summed E-state index contributed by atoms with van der Waals surface area (Å²) >= 11 is 3.45. The number of amides is 1. The Balaban J connectivity index is 1.98. The highest BCUT2D eigenvalue weighted by atomic mass is 79.9. The van der Waals surface area contributed by atoms with Gasteiger partial charge in [-0.15, -0.1) is 0 Å². The molecule has 2 rings (SSSR count). The monoisotopic (exact) mass is 326 g/mol. The second kappa shape index (κ2) is 6.50. The molecule has 1 heterocycles. The van der Waals surface area contributed by atoms with Crippen molar-refractivity contribution in [2.75, 3.05) is 25.1 Å². The molecular formula is C14H19BrN2O2. The SMILES string of the molecule is Cc1cc(Br)cc(C)c1NC(=O)CC1COCCN1. The van der Waals surface area contributed by atoms with Crippen LogP contribution in [0.3, 0.4) is 0 Å². The zero-order valence-electron chi connectivity index (χ0n) is 11.3. The fourth-order valence-corrected chi connectivity index (χ4v) is 2.96. The van der Waals surface area contributed by atoms with Crippen LogP contribution in [0.5, 0.6) is 0 Å². The van der Waals surface area contributed by atoms with Crippen molar-refractivity contribution in [3.05, 3.63) is 27.7 Å². The van der Waals surface area contributed by atoms with Crippen LogP contribution in [0.25, 0.3) is 0 Å². The van der Waals surface area contributed by atoms with Crippen molar-refractivity contribution in [1.82, 2.24) is 5.32 Å². The van der Waals surface area contributed by atoms with Crippen LogP contribution in [-0.2, 0) is 9.53 Å². The fraction of sp³-hybridized carbons (Fsp3) is 0.500. The minimum absolute atomic E-state index is 0.0246. The van der Waals surface area contributed by atoms with E-state index in [1.807, 2.05) is 26.0 Å². The van der Waals surface area contributed by atoms with Crippen LogP contribution in [0.1, 0.15) is 17.5 Å². The average Bonchev–Trinajstić information content (AvgIpc) is 2.35. The van der Waals surface area contributed by atoms with Crippen molar-refractivity contribution in [2.24, 2.45) is 0 Å². The molecule has 1 aromatic carbocycles. The Kier molecular flexibility index (Phi) is 4.96. The van der Waals surface area contributed by atoms with Crippen LogP contribution in [-0.4, -0.2) is 31.7 Å². The fourth-order valence-electron chi connectivity index (χ4n) is 2.27. The van der Waals surface area contributed by atoms with Crippen LogP contribution in [0.2, 0.25) is 0 Å². The van der Waals surface area contributed by atoms with E-state index in [2.05, 4.69) is 26.6 Å². The van der Waals surface area contributed by atoms with Crippen LogP contribution in [0.15, 0.2) is 16.6 Å². The molecule has 1 aromatic rings. The van der Waals surface area contributed by atoms with Gasteiger partial charge in [-0.3, -0.25) is 4.79 Å². The van der Waals surface area contributed by atoms with Gasteiger partial charge in [-0.05, 0) is 37.1 Å². The maximum Gasteiger partial charge on any atom is 0.226 e. The summed E-state index contributed by atoms with van der Waals surface area (Å²) in [6.45, 7) is 6.13. The summed E-state index contributed by atoms with van der Waals surface area (Å²) in [7, 11) is 0. The normalized spacial score (nSPS) is 19.2. The van der Waals surface area contributed by atoms with E-state index in [-0.39, 0.29) is 11.9 Å². The van der Waals surface area contributed by atoms with Gasteiger partial charge in [0, 0.05) is 29.2 Å². The number of rotatable bonds is 3. The summed E-state index contributed by atoms with van der Waals surface area (Å²) in [6, 6.07) is 4.12. The molecule has 0 radical (unpaired) electrons. The average molecular weight is 327 g/mol. The number of carbonyl (C=O) groups is 1. The smallest absolute Gasteiger partial charge is 0.226 e. The Hall–Kier alpha value is -0.910. The highest BCUT2D eigenvalue weighted by molar-refractivity contribution is 9.10. The topological polar surface area (TPSA) is 50.4 Å². The summed E-state index contributed by atoms with van der Waals surface area (Å²) in [5.41, 5.74) is 3.03. The van der Waals surface area contributed by atoms with Gasteiger partial charge in [0.2, 0.25) is 5.91 Å². The number of hydrogen-bond acceptors (Lipinski definition) is 3. The molecule has 1 unspecified atom stereocenters. The maximum atomic E-state index is 12.1. The summed E-state index contributed by atoms with van der Waals surface area (Å²) in [4.78, 5) is 12.1. The molecule has 1 aliphatic heterocycles. The van der Waals surface area contributed by atoms with Crippen LogP contribution in [0.4, 0.5) is 5.69 Å². The van der Waals surface area contributed by atoms with Gasteiger partial charge in [0.15, 0.2) is 0 Å². The Labute approximate surface area is 122 Å². The second-order valence-electron chi connectivity index (χ2n) is 4.89. The molecule has 1 saturated heterocycles. The molecule has 0 saturated carbocycles. The first-order valence-electron chi connectivity index (χ1n) is 6.44. The van der Waals surface area contributed by atoms with Crippen LogP contribution < -0.4 is 10.6 Å². The molecule has 0 spiro atoms. The standard InChI is InChI=1S/C14H19BrN2O2/c1-9-5-11(15)6-10(2)14(9)17-13(18)7-12-8-19-4-3-16-12/h5-6,12,16H,3-4,7-8H2,1-2H3,(H,17,18). The van der Waals surface area contributed by atoms with Crippen molar-refractivity contribution in [3.63, 3.8) is 0 Å². The lowest BCUT2D eigenvalue weighted by atomic mass is 10.1. The highest BCUT2D eigenvalue weighted by Gasteiger charge is 2.17. The van der Waals surface area contributed by atoms with Gasteiger partial charge in [-0.25, -0.2) is 0 Å². The van der Waals surface area contributed by atoms with E-state index in [1.54, 1.807) is 0 Å². The summed E-state index contributed by atoms with van der Waals surface area (Å²) < 4.78 is 6.38. The second-order valence-corrected chi connectivity index (χ2v) is 5.81. The van der Waals surface area contributed by atoms with E-state index >= 15 is 0 Å². The van der Waals surface area contributed by atoms with E-state index in [1.165, 1.54) is 0 Å². The minimum atomic E-state index is 0.0246. The van der Waals surface area contributed by atoms with Gasteiger partial charge in [0.1, 0.15) is 0 Å². The number of carbonyl (C=O) groups excluding carboxylic acids is 1. The first-order valence-corrected chi connectivity index (χ1v) is 7.23. The van der Waals surface area contributed by atoms with Crippen molar-refractivity contribution in [1.29, 1.82) is 0 Å². The molecule has 1 fully saturated rings. The van der Waals surface area contributed by atoms with E-state index < -0.39 is 0 Å². The third kappa shape index (κ3) is 4.03. The number of halogens is 1. The van der Waals surface area contributed by atoms with Crippen molar-refractivity contribution >= 4 is 27.5 Å². The molecular weight excluding hydrogens is 308 g/mol. The lowest BCUT2D eigenvalue weighted by Crippen LogP contribution is -2.43. The summed E-state index contributed by atoms with van der Waals surface area (Å²) in [6.07, 6.45) is 0.439. The predicted molar refractivity (Wildman–Crippen MR) is 79.5 cm³/mol. The van der Waals surface area contributed by atoms with Crippen LogP contribution >= 0.6 is 15.9 Å². The number of nitrogens with one attached hydrogen (secondary N) is 2. The number of hydrogen-bond donors (Lipinski definition) is 2. The molecule has 0 bridgehead atoms. The van der Waals surface area contributed by atoms with Gasteiger partial charge in [0.05, 0.1) is 13.2 Å². The molecule has 0 aromatic heterocycles. The number of anilines is 1. The van der Waals surface area contributed by atoms with E-state index in [0.717, 1.165) is 34.4 Å².